The van der Waals surface area contributed by atoms with Crippen molar-refractivity contribution >= 4 is 11.8 Å². The topological polar surface area (TPSA) is 85.3 Å². The molecule has 4 rings (SSSR count). The molecule has 8 nitrogen and oxygen atoms in total. The van der Waals surface area contributed by atoms with Gasteiger partial charge in [-0.1, -0.05) is 6.07 Å². The lowest BCUT2D eigenvalue weighted by molar-refractivity contribution is 0.174. The predicted molar refractivity (Wildman–Crippen MR) is 101 cm³/mol. The molecule has 0 spiro atoms. The van der Waals surface area contributed by atoms with Gasteiger partial charge >= 0.3 is 0 Å². The highest BCUT2D eigenvalue weighted by Crippen LogP contribution is 2.32. The van der Waals surface area contributed by atoms with Crippen molar-refractivity contribution in [3.8, 4) is 11.5 Å². The Bertz CT molecular complexity index is 906. The summed E-state index contributed by atoms with van der Waals surface area (Å²) in [6.07, 6.45) is 6.18. The van der Waals surface area contributed by atoms with Crippen LogP contribution in [0.5, 0.6) is 11.5 Å². The molecule has 138 valence electrons. The number of anilines is 2. The molecule has 0 atom stereocenters. The second kappa shape index (κ2) is 7.86. The summed E-state index contributed by atoms with van der Waals surface area (Å²) in [4.78, 5) is 10.6. The third-order valence-electron chi connectivity index (χ3n) is 4.31. The predicted octanol–water partition coefficient (Wildman–Crippen LogP) is 2.29. The van der Waals surface area contributed by atoms with Crippen molar-refractivity contribution in [1.82, 2.24) is 20.2 Å². The van der Waals surface area contributed by atoms with Gasteiger partial charge in [-0.25, -0.2) is 0 Å². The normalized spacial score (nSPS) is 12.0. The summed E-state index contributed by atoms with van der Waals surface area (Å²) in [7, 11) is 1.99. The van der Waals surface area contributed by atoms with Gasteiger partial charge in [-0.2, -0.15) is 10.1 Å². The van der Waals surface area contributed by atoms with Crippen molar-refractivity contribution in [2.45, 2.75) is 13.0 Å². The lowest BCUT2D eigenvalue weighted by Gasteiger charge is -2.18. The largest absolute Gasteiger partial charge is 0.454 e. The fourth-order valence-corrected chi connectivity index (χ4v) is 2.75. The summed E-state index contributed by atoms with van der Waals surface area (Å²) in [6.45, 7) is 1.67. The third kappa shape index (κ3) is 4.22. The molecule has 8 heteroatoms. The Balaban J connectivity index is 1.35. The molecule has 0 saturated carbocycles. The molecule has 0 bridgehead atoms. The molecule has 0 saturated heterocycles. The third-order valence-corrected chi connectivity index (χ3v) is 4.31. The van der Waals surface area contributed by atoms with Gasteiger partial charge < -0.3 is 19.7 Å². The maximum atomic E-state index is 5.40. The average Bonchev–Trinajstić information content (AvgIpc) is 3.19. The van der Waals surface area contributed by atoms with Crippen LogP contribution in [0.1, 0.15) is 11.1 Å². The van der Waals surface area contributed by atoms with Crippen molar-refractivity contribution in [2.75, 3.05) is 30.6 Å². The first-order chi connectivity index (χ1) is 13.3. The highest BCUT2D eigenvalue weighted by atomic mass is 16.7. The molecule has 0 amide bonds. The van der Waals surface area contributed by atoms with Gasteiger partial charge in [0.15, 0.2) is 17.3 Å². The van der Waals surface area contributed by atoms with E-state index < -0.39 is 0 Å². The smallest absolute Gasteiger partial charge is 0.244 e. The van der Waals surface area contributed by atoms with Crippen LogP contribution in [0.4, 0.5) is 11.8 Å². The zero-order valence-corrected chi connectivity index (χ0v) is 15.0. The SMILES string of the molecule is CN(CCc1ccncc1)c1cnnc(NCc2ccc3c(c2)OCO3)n1. The molecule has 0 unspecified atom stereocenters. The fraction of sp³-hybridized carbons (Fsp3) is 0.263. The van der Waals surface area contributed by atoms with Crippen LogP contribution < -0.4 is 19.7 Å². The molecule has 1 aromatic carbocycles. The van der Waals surface area contributed by atoms with E-state index in [4.69, 9.17) is 9.47 Å². The van der Waals surface area contributed by atoms with Gasteiger partial charge in [0.25, 0.3) is 0 Å². The second-order valence-electron chi connectivity index (χ2n) is 6.21. The minimum absolute atomic E-state index is 0.271. The Morgan fingerprint density at radius 1 is 1.07 bits per heavy atom. The number of fused-ring (bicyclic) bond motifs is 1. The Morgan fingerprint density at radius 3 is 2.81 bits per heavy atom. The van der Waals surface area contributed by atoms with Crippen molar-refractivity contribution < 1.29 is 9.47 Å². The van der Waals surface area contributed by atoms with E-state index in [2.05, 4.69) is 30.4 Å². The van der Waals surface area contributed by atoms with E-state index in [1.54, 1.807) is 18.6 Å². The summed E-state index contributed by atoms with van der Waals surface area (Å²) in [5.41, 5.74) is 2.29. The average molecular weight is 364 g/mol. The number of likely N-dealkylation sites (N-methyl/N-ethyl adjacent to an activating group) is 1. The molecule has 1 N–H and O–H groups in total. The lowest BCUT2D eigenvalue weighted by atomic mass is 10.2. The van der Waals surface area contributed by atoms with E-state index >= 15 is 0 Å². The summed E-state index contributed by atoms with van der Waals surface area (Å²) in [5, 5.41) is 11.3. The number of aromatic nitrogens is 4. The minimum atomic E-state index is 0.271. The van der Waals surface area contributed by atoms with Gasteiger partial charge in [0.1, 0.15) is 0 Å². The summed E-state index contributed by atoms with van der Waals surface area (Å²) in [5.74, 6) is 2.79. The van der Waals surface area contributed by atoms with E-state index in [1.165, 1.54) is 5.56 Å². The Morgan fingerprint density at radius 2 is 1.93 bits per heavy atom. The number of rotatable bonds is 7. The summed E-state index contributed by atoms with van der Waals surface area (Å²) in [6, 6.07) is 9.88. The molecule has 1 aliphatic rings. The standard InChI is InChI=1S/C19H20N6O2/c1-25(9-6-14-4-7-20-8-5-14)18-12-22-24-19(23-18)21-11-15-2-3-16-17(10-15)27-13-26-16/h2-5,7-8,10,12H,6,9,11,13H2,1H3,(H,21,23,24). The first-order valence-electron chi connectivity index (χ1n) is 8.70. The zero-order chi connectivity index (χ0) is 18.5. The second-order valence-corrected chi connectivity index (χ2v) is 6.21. The van der Waals surface area contributed by atoms with E-state index in [0.29, 0.717) is 12.5 Å². The van der Waals surface area contributed by atoms with E-state index in [0.717, 1.165) is 35.8 Å². The Kier molecular flexibility index (Phi) is 4.95. The number of ether oxygens (including phenoxy) is 2. The van der Waals surface area contributed by atoms with Crippen molar-refractivity contribution in [3.05, 3.63) is 60.0 Å². The van der Waals surface area contributed by atoms with Crippen LogP contribution in [0.2, 0.25) is 0 Å². The van der Waals surface area contributed by atoms with Crippen LogP contribution in [-0.4, -0.2) is 40.6 Å². The molecule has 2 aromatic heterocycles. The van der Waals surface area contributed by atoms with Gasteiger partial charge in [0.05, 0.1) is 6.20 Å². The number of benzene rings is 1. The maximum absolute atomic E-state index is 5.40. The number of nitrogens with one attached hydrogen (secondary N) is 1. The van der Waals surface area contributed by atoms with Gasteiger partial charge in [0.2, 0.25) is 12.7 Å². The van der Waals surface area contributed by atoms with Crippen LogP contribution in [0.3, 0.4) is 0 Å². The highest BCUT2D eigenvalue weighted by molar-refractivity contribution is 5.45. The quantitative estimate of drug-likeness (QED) is 0.683. The lowest BCUT2D eigenvalue weighted by Crippen LogP contribution is -2.22. The number of hydrogen-bond donors (Lipinski definition) is 1. The van der Waals surface area contributed by atoms with E-state index in [-0.39, 0.29) is 6.79 Å². The van der Waals surface area contributed by atoms with Gasteiger partial charge in [-0.15, -0.1) is 5.10 Å². The number of nitrogens with zero attached hydrogens (tertiary/aromatic N) is 5. The van der Waals surface area contributed by atoms with Gasteiger partial charge in [-0.05, 0) is 41.8 Å². The van der Waals surface area contributed by atoms with E-state index in [9.17, 15) is 0 Å². The molecular weight excluding hydrogens is 344 g/mol. The monoisotopic (exact) mass is 364 g/mol. The minimum Gasteiger partial charge on any atom is -0.454 e. The first kappa shape index (κ1) is 17.0. The molecule has 0 fully saturated rings. The first-order valence-corrected chi connectivity index (χ1v) is 8.70. The van der Waals surface area contributed by atoms with Crippen LogP contribution in [-0.2, 0) is 13.0 Å². The molecule has 0 aliphatic carbocycles. The summed E-state index contributed by atoms with van der Waals surface area (Å²) >= 11 is 0. The zero-order valence-electron chi connectivity index (χ0n) is 15.0. The van der Waals surface area contributed by atoms with Crippen LogP contribution in [0.15, 0.2) is 48.9 Å². The number of hydrogen-bond acceptors (Lipinski definition) is 8. The Labute approximate surface area is 157 Å². The summed E-state index contributed by atoms with van der Waals surface area (Å²) < 4.78 is 10.7. The van der Waals surface area contributed by atoms with E-state index in [1.807, 2.05) is 37.4 Å². The van der Waals surface area contributed by atoms with Crippen molar-refractivity contribution in [3.63, 3.8) is 0 Å². The van der Waals surface area contributed by atoms with Gasteiger partial charge in [0, 0.05) is 32.5 Å². The molecule has 3 aromatic rings. The Hall–Kier alpha value is -3.42. The molecule has 27 heavy (non-hydrogen) atoms. The molecule has 1 aliphatic heterocycles. The van der Waals surface area contributed by atoms with Gasteiger partial charge in [-0.3, -0.25) is 4.98 Å². The number of pyridine rings is 1. The maximum Gasteiger partial charge on any atom is 0.244 e. The van der Waals surface area contributed by atoms with Crippen molar-refractivity contribution in [1.29, 1.82) is 0 Å². The van der Waals surface area contributed by atoms with Crippen molar-refractivity contribution in [2.24, 2.45) is 0 Å². The van der Waals surface area contributed by atoms with Crippen LogP contribution in [0, 0.1) is 0 Å². The van der Waals surface area contributed by atoms with Crippen LogP contribution in [0.25, 0.3) is 0 Å². The van der Waals surface area contributed by atoms with Crippen LogP contribution >= 0.6 is 0 Å². The molecular formula is C19H20N6O2. The molecule has 0 radical (unpaired) electrons. The molecule has 3 heterocycles. The highest BCUT2D eigenvalue weighted by Gasteiger charge is 2.13. The fourth-order valence-electron chi connectivity index (χ4n) is 2.75.